The van der Waals surface area contributed by atoms with Gasteiger partial charge in [-0.3, -0.25) is 4.68 Å². The molecule has 0 bridgehead atoms. The Morgan fingerprint density at radius 2 is 2.25 bits per heavy atom. The van der Waals surface area contributed by atoms with Crippen molar-refractivity contribution in [2.45, 2.75) is 0 Å². The number of carboxylic acids is 1. The van der Waals surface area contributed by atoms with Crippen molar-refractivity contribution >= 4 is 17.5 Å². The number of aromatic carboxylic acids is 1. The lowest BCUT2D eigenvalue weighted by atomic mass is 10.3. The maximum Gasteiger partial charge on any atom is 0.337 e. The van der Waals surface area contributed by atoms with Crippen molar-refractivity contribution in [2.75, 3.05) is 5.32 Å². The number of hydrogen-bond donors (Lipinski definition) is 2. The van der Waals surface area contributed by atoms with E-state index in [9.17, 15) is 4.79 Å². The predicted octanol–water partition coefficient (Wildman–Crippen LogP) is 1.26. The summed E-state index contributed by atoms with van der Waals surface area (Å²) in [4.78, 5) is 14.6. The Balaban J connectivity index is 2.14. The van der Waals surface area contributed by atoms with E-state index in [1.807, 2.05) is 7.05 Å². The van der Waals surface area contributed by atoms with Crippen LogP contribution < -0.4 is 5.32 Å². The predicted molar refractivity (Wildman–Crippen MR) is 57.7 cm³/mol. The van der Waals surface area contributed by atoms with Crippen molar-refractivity contribution in [3.63, 3.8) is 0 Å². The topological polar surface area (TPSA) is 80.0 Å². The van der Waals surface area contributed by atoms with Crippen LogP contribution in [-0.2, 0) is 7.05 Å². The van der Waals surface area contributed by atoms with Gasteiger partial charge >= 0.3 is 5.97 Å². The maximum atomic E-state index is 10.6. The highest BCUT2D eigenvalue weighted by molar-refractivity contribution is 5.87. The number of pyridine rings is 1. The first-order valence-corrected chi connectivity index (χ1v) is 4.60. The zero-order chi connectivity index (χ0) is 11.5. The summed E-state index contributed by atoms with van der Waals surface area (Å²) in [5, 5.41) is 15.7. The van der Waals surface area contributed by atoms with Gasteiger partial charge in [-0.05, 0) is 12.1 Å². The van der Waals surface area contributed by atoms with Crippen LogP contribution in [-0.4, -0.2) is 25.8 Å². The van der Waals surface area contributed by atoms with Crippen molar-refractivity contribution in [1.29, 1.82) is 0 Å². The molecule has 0 aliphatic rings. The molecule has 6 nitrogen and oxygen atoms in total. The van der Waals surface area contributed by atoms with Crippen molar-refractivity contribution in [2.24, 2.45) is 7.05 Å². The fourth-order valence-corrected chi connectivity index (χ4v) is 1.23. The first kappa shape index (κ1) is 10.2. The molecule has 2 N–H and O–H groups in total. The van der Waals surface area contributed by atoms with E-state index >= 15 is 0 Å². The van der Waals surface area contributed by atoms with Gasteiger partial charge in [0.1, 0.15) is 5.82 Å². The van der Waals surface area contributed by atoms with E-state index in [0.29, 0.717) is 5.82 Å². The van der Waals surface area contributed by atoms with Gasteiger partial charge in [0.05, 0.1) is 17.4 Å². The van der Waals surface area contributed by atoms with Crippen LogP contribution in [0.25, 0.3) is 0 Å². The number of hydrogen-bond acceptors (Lipinski definition) is 4. The first-order chi connectivity index (χ1) is 7.65. The Hall–Kier alpha value is -2.37. The number of nitrogens with zero attached hydrogens (tertiary/aromatic N) is 3. The molecular formula is C10H10N4O2. The normalized spacial score (nSPS) is 10.1. The monoisotopic (exact) mass is 218 g/mol. The summed E-state index contributed by atoms with van der Waals surface area (Å²) in [7, 11) is 1.81. The van der Waals surface area contributed by atoms with E-state index in [1.54, 1.807) is 23.1 Å². The second-order valence-electron chi connectivity index (χ2n) is 3.26. The number of nitrogens with one attached hydrogen (secondary N) is 1. The first-order valence-electron chi connectivity index (χ1n) is 4.60. The van der Waals surface area contributed by atoms with E-state index in [0.717, 1.165) is 5.69 Å². The zero-order valence-electron chi connectivity index (χ0n) is 8.58. The minimum Gasteiger partial charge on any atom is -0.478 e. The molecule has 0 aromatic carbocycles. The van der Waals surface area contributed by atoms with Crippen molar-refractivity contribution in [3.05, 3.63) is 36.3 Å². The van der Waals surface area contributed by atoms with Crippen LogP contribution in [0.4, 0.5) is 11.5 Å². The van der Waals surface area contributed by atoms with Crippen LogP contribution >= 0.6 is 0 Å². The second kappa shape index (κ2) is 4.01. The molecule has 0 saturated carbocycles. The fourth-order valence-electron chi connectivity index (χ4n) is 1.23. The number of aryl methyl sites for hydroxylation is 1. The molecule has 0 atom stereocenters. The van der Waals surface area contributed by atoms with E-state index in [4.69, 9.17) is 5.11 Å². The zero-order valence-corrected chi connectivity index (χ0v) is 8.58. The minimum atomic E-state index is -0.986. The lowest BCUT2D eigenvalue weighted by Crippen LogP contribution is -1.98. The number of carboxylic acid groups (broad SMARTS) is 1. The average Bonchev–Trinajstić information content (AvgIpc) is 2.65. The SMILES string of the molecule is Cn1cc(Nc2ccc(C(=O)O)cn2)cn1. The molecule has 2 heterocycles. The summed E-state index contributed by atoms with van der Waals surface area (Å²) in [5.41, 5.74) is 0.967. The second-order valence-corrected chi connectivity index (χ2v) is 3.26. The van der Waals surface area contributed by atoms with E-state index < -0.39 is 5.97 Å². The summed E-state index contributed by atoms with van der Waals surface area (Å²) in [6, 6.07) is 3.10. The number of anilines is 2. The molecule has 2 aromatic heterocycles. The van der Waals surface area contributed by atoms with Gasteiger partial charge in [-0.2, -0.15) is 5.10 Å². The lowest BCUT2D eigenvalue weighted by Gasteiger charge is -2.01. The largest absolute Gasteiger partial charge is 0.478 e. The third-order valence-corrected chi connectivity index (χ3v) is 1.99. The van der Waals surface area contributed by atoms with Crippen molar-refractivity contribution < 1.29 is 9.90 Å². The lowest BCUT2D eigenvalue weighted by molar-refractivity contribution is 0.0696. The Bertz CT molecular complexity index is 504. The van der Waals surface area contributed by atoms with Crippen LogP contribution in [0.15, 0.2) is 30.7 Å². The van der Waals surface area contributed by atoms with Gasteiger partial charge in [0.2, 0.25) is 0 Å². The smallest absolute Gasteiger partial charge is 0.337 e. The Kier molecular flexibility index (Phi) is 2.55. The number of rotatable bonds is 3. The van der Waals surface area contributed by atoms with Crippen LogP contribution in [0.3, 0.4) is 0 Å². The van der Waals surface area contributed by atoms with Crippen LogP contribution in [0, 0.1) is 0 Å². The van der Waals surface area contributed by atoms with E-state index in [1.165, 1.54) is 12.3 Å². The van der Waals surface area contributed by atoms with Crippen LogP contribution in [0.2, 0.25) is 0 Å². The molecule has 0 aliphatic carbocycles. The summed E-state index contributed by atoms with van der Waals surface area (Å²) < 4.78 is 1.66. The molecule has 82 valence electrons. The molecule has 0 spiro atoms. The molecule has 6 heteroatoms. The standard InChI is InChI=1S/C10H10N4O2/c1-14-6-8(5-12-14)13-9-3-2-7(4-11-9)10(15)16/h2-6H,1H3,(H,11,13)(H,15,16). The third-order valence-electron chi connectivity index (χ3n) is 1.99. The molecule has 0 amide bonds. The summed E-state index contributed by atoms with van der Waals surface area (Å²) in [6.07, 6.45) is 4.76. The molecule has 0 fully saturated rings. The van der Waals surface area contributed by atoms with Gasteiger partial charge in [-0.1, -0.05) is 0 Å². The molecule has 2 rings (SSSR count). The summed E-state index contributed by atoms with van der Waals surface area (Å²) in [5.74, 6) is -0.404. The minimum absolute atomic E-state index is 0.164. The maximum absolute atomic E-state index is 10.6. The van der Waals surface area contributed by atoms with Gasteiger partial charge in [0.15, 0.2) is 0 Å². The van der Waals surface area contributed by atoms with Crippen LogP contribution in [0.5, 0.6) is 0 Å². The fraction of sp³-hybridized carbons (Fsp3) is 0.100. The molecule has 2 aromatic rings. The van der Waals surface area contributed by atoms with E-state index in [-0.39, 0.29) is 5.56 Å². The average molecular weight is 218 g/mol. The Morgan fingerprint density at radius 1 is 1.44 bits per heavy atom. The van der Waals surface area contributed by atoms with Gasteiger partial charge in [0, 0.05) is 19.4 Å². The van der Waals surface area contributed by atoms with Gasteiger partial charge in [0.25, 0.3) is 0 Å². The highest BCUT2D eigenvalue weighted by Gasteiger charge is 2.03. The Labute approximate surface area is 91.6 Å². The molecule has 0 saturated heterocycles. The summed E-state index contributed by atoms with van der Waals surface area (Å²) in [6.45, 7) is 0. The molecule has 0 aliphatic heterocycles. The van der Waals surface area contributed by atoms with Gasteiger partial charge in [-0.25, -0.2) is 9.78 Å². The van der Waals surface area contributed by atoms with Gasteiger partial charge in [-0.15, -0.1) is 0 Å². The highest BCUT2D eigenvalue weighted by atomic mass is 16.4. The van der Waals surface area contributed by atoms with Crippen LogP contribution in [0.1, 0.15) is 10.4 Å². The highest BCUT2D eigenvalue weighted by Crippen LogP contribution is 2.12. The molecule has 0 radical (unpaired) electrons. The molecule has 16 heavy (non-hydrogen) atoms. The number of aromatic nitrogens is 3. The van der Waals surface area contributed by atoms with E-state index in [2.05, 4.69) is 15.4 Å². The third kappa shape index (κ3) is 2.17. The Morgan fingerprint density at radius 3 is 2.75 bits per heavy atom. The summed E-state index contributed by atoms with van der Waals surface area (Å²) >= 11 is 0. The number of carbonyl (C=O) groups is 1. The quantitative estimate of drug-likeness (QED) is 0.810. The van der Waals surface area contributed by atoms with Gasteiger partial charge < -0.3 is 10.4 Å². The molecule has 0 unspecified atom stereocenters. The van der Waals surface area contributed by atoms with Crippen molar-refractivity contribution in [1.82, 2.24) is 14.8 Å². The van der Waals surface area contributed by atoms with Crippen molar-refractivity contribution in [3.8, 4) is 0 Å². The molecular weight excluding hydrogens is 208 g/mol.